The van der Waals surface area contributed by atoms with E-state index in [0.717, 1.165) is 22.6 Å². The highest BCUT2D eigenvalue weighted by molar-refractivity contribution is 7.13. The van der Waals surface area contributed by atoms with Gasteiger partial charge in [0.25, 0.3) is 0 Å². The van der Waals surface area contributed by atoms with Crippen molar-refractivity contribution in [1.29, 1.82) is 0 Å². The minimum absolute atomic E-state index is 0.145. The third-order valence-electron chi connectivity index (χ3n) is 3.76. The minimum atomic E-state index is -0.301. The summed E-state index contributed by atoms with van der Waals surface area (Å²) in [5.74, 6) is -0.447. The Kier molecular flexibility index (Phi) is 4.90. The van der Waals surface area contributed by atoms with Gasteiger partial charge in [0.15, 0.2) is 0 Å². The van der Waals surface area contributed by atoms with Crippen molar-refractivity contribution in [3.8, 4) is 10.6 Å². The third kappa shape index (κ3) is 4.09. The van der Waals surface area contributed by atoms with Crippen LogP contribution in [0, 0.1) is 26.6 Å². The van der Waals surface area contributed by atoms with E-state index in [9.17, 15) is 9.18 Å². The number of amides is 1. The topological polar surface area (TPSA) is 54.9 Å². The van der Waals surface area contributed by atoms with Gasteiger partial charge in [0, 0.05) is 16.6 Å². The van der Waals surface area contributed by atoms with Gasteiger partial charge in [0.05, 0.1) is 23.5 Å². The summed E-state index contributed by atoms with van der Waals surface area (Å²) in [5.41, 5.74) is 4.83. The Morgan fingerprint density at radius 2 is 2.00 bits per heavy atom. The van der Waals surface area contributed by atoms with Crippen LogP contribution in [-0.4, -0.2) is 15.9 Å². The molecule has 0 fully saturated rings. The van der Waals surface area contributed by atoms with E-state index in [1.165, 1.54) is 23.5 Å². The molecule has 1 N–H and O–H groups in total. The SMILES string of the molecule is Cc1cc(C)c(NC(=O)Cc2csc(-c3cccc(F)c3)n2)c(C)n1. The first kappa shape index (κ1) is 17.2. The second-order valence-electron chi connectivity index (χ2n) is 5.92. The fourth-order valence-electron chi connectivity index (χ4n) is 2.70. The summed E-state index contributed by atoms with van der Waals surface area (Å²) in [5, 5.41) is 5.44. The highest BCUT2D eigenvalue weighted by Crippen LogP contribution is 2.25. The van der Waals surface area contributed by atoms with Gasteiger partial charge >= 0.3 is 0 Å². The van der Waals surface area contributed by atoms with Crippen LogP contribution < -0.4 is 5.32 Å². The van der Waals surface area contributed by atoms with E-state index in [2.05, 4.69) is 15.3 Å². The molecule has 3 rings (SSSR count). The van der Waals surface area contributed by atoms with E-state index in [1.54, 1.807) is 12.1 Å². The number of carbonyl (C=O) groups is 1. The molecule has 128 valence electrons. The van der Waals surface area contributed by atoms with Crippen LogP contribution in [0.3, 0.4) is 0 Å². The lowest BCUT2D eigenvalue weighted by atomic mass is 10.1. The molecule has 0 bridgehead atoms. The maximum Gasteiger partial charge on any atom is 0.230 e. The molecule has 0 spiro atoms. The highest BCUT2D eigenvalue weighted by atomic mass is 32.1. The van der Waals surface area contributed by atoms with E-state index >= 15 is 0 Å². The number of carbonyl (C=O) groups excluding carboxylic acids is 1. The number of halogens is 1. The predicted octanol–water partition coefficient (Wildman–Crippen LogP) is 4.45. The highest BCUT2D eigenvalue weighted by Gasteiger charge is 2.12. The van der Waals surface area contributed by atoms with E-state index in [1.807, 2.05) is 32.2 Å². The van der Waals surface area contributed by atoms with E-state index < -0.39 is 0 Å². The maximum absolute atomic E-state index is 13.3. The van der Waals surface area contributed by atoms with Crippen LogP contribution in [0.15, 0.2) is 35.7 Å². The van der Waals surface area contributed by atoms with Gasteiger partial charge in [0.2, 0.25) is 5.91 Å². The number of nitrogens with one attached hydrogen (secondary N) is 1. The number of thiazole rings is 1. The molecule has 3 aromatic rings. The molecule has 0 saturated carbocycles. The Bertz CT molecular complexity index is 913. The van der Waals surface area contributed by atoms with Crippen LogP contribution in [0.2, 0.25) is 0 Å². The molecular weight excluding hydrogens is 337 g/mol. The molecule has 0 saturated heterocycles. The summed E-state index contributed by atoms with van der Waals surface area (Å²) in [4.78, 5) is 21.2. The fourth-order valence-corrected chi connectivity index (χ4v) is 3.52. The molecule has 1 amide bonds. The number of pyridine rings is 1. The van der Waals surface area contributed by atoms with Gasteiger partial charge in [-0.1, -0.05) is 12.1 Å². The first-order valence-corrected chi connectivity index (χ1v) is 8.75. The normalized spacial score (nSPS) is 10.7. The molecule has 0 aliphatic rings. The van der Waals surface area contributed by atoms with Crippen molar-refractivity contribution in [2.75, 3.05) is 5.32 Å². The number of rotatable bonds is 4. The van der Waals surface area contributed by atoms with Crippen LogP contribution in [0.4, 0.5) is 10.1 Å². The Morgan fingerprint density at radius 1 is 1.20 bits per heavy atom. The molecule has 1 aromatic carbocycles. The number of hydrogen-bond donors (Lipinski definition) is 1. The zero-order chi connectivity index (χ0) is 18.0. The number of aryl methyl sites for hydroxylation is 3. The van der Waals surface area contributed by atoms with E-state index in [0.29, 0.717) is 16.3 Å². The fraction of sp³-hybridized carbons (Fsp3) is 0.211. The second kappa shape index (κ2) is 7.11. The van der Waals surface area contributed by atoms with Crippen molar-refractivity contribution in [2.45, 2.75) is 27.2 Å². The Balaban J connectivity index is 1.72. The third-order valence-corrected chi connectivity index (χ3v) is 4.70. The van der Waals surface area contributed by atoms with Crippen molar-refractivity contribution >= 4 is 22.9 Å². The van der Waals surface area contributed by atoms with Gasteiger partial charge in [0.1, 0.15) is 10.8 Å². The lowest BCUT2D eigenvalue weighted by Crippen LogP contribution is -2.17. The van der Waals surface area contributed by atoms with E-state index in [4.69, 9.17) is 0 Å². The molecule has 0 atom stereocenters. The number of nitrogens with zero attached hydrogens (tertiary/aromatic N) is 2. The first-order chi connectivity index (χ1) is 11.9. The molecule has 0 radical (unpaired) electrons. The van der Waals surface area contributed by atoms with Crippen molar-refractivity contribution in [1.82, 2.24) is 9.97 Å². The van der Waals surface area contributed by atoms with Crippen molar-refractivity contribution in [3.05, 3.63) is 64.2 Å². The van der Waals surface area contributed by atoms with Crippen molar-refractivity contribution in [2.24, 2.45) is 0 Å². The largest absolute Gasteiger partial charge is 0.324 e. The van der Waals surface area contributed by atoms with Crippen LogP contribution in [-0.2, 0) is 11.2 Å². The lowest BCUT2D eigenvalue weighted by Gasteiger charge is -2.11. The summed E-state index contributed by atoms with van der Waals surface area (Å²) in [6.45, 7) is 5.75. The van der Waals surface area contributed by atoms with E-state index in [-0.39, 0.29) is 18.1 Å². The number of anilines is 1. The molecule has 4 nitrogen and oxygen atoms in total. The van der Waals surface area contributed by atoms with Gasteiger partial charge < -0.3 is 5.32 Å². The maximum atomic E-state index is 13.3. The Hall–Kier alpha value is -2.60. The summed E-state index contributed by atoms with van der Waals surface area (Å²) < 4.78 is 13.3. The number of benzene rings is 1. The monoisotopic (exact) mass is 355 g/mol. The summed E-state index contributed by atoms with van der Waals surface area (Å²) >= 11 is 1.40. The van der Waals surface area contributed by atoms with Crippen molar-refractivity contribution in [3.63, 3.8) is 0 Å². The lowest BCUT2D eigenvalue weighted by molar-refractivity contribution is -0.115. The van der Waals surface area contributed by atoms with Gasteiger partial charge in [-0.05, 0) is 44.5 Å². The first-order valence-electron chi connectivity index (χ1n) is 7.87. The van der Waals surface area contributed by atoms with Gasteiger partial charge in [-0.3, -0.25) is 9.78 Å². The van der Waals surface area contributed by atoms with Crippen LogP contribution in [0.25, 0.3) is 10.6 Å². The Morgan fingerprint density at radius 3 is 2.72 bits per heavy atom. The smallest absolute Gasteiger partial charge is 0.230 e. The molecule has 2 heterocycles. The molecular formula is C19H18FN3OS. The Labute approximate surface area is 149 Å². The zero-order valence-corrected chi connectivity index (χ0v) is 15.1. The van der Waals surface area contributed by atoms with Gasteiger partial charge in [-0.25, -0.2) is 9.37 Å². The predicted molar refractivity (Wildman–Crippen MR) is 98.3 cm³/mol. The molecule has 0 aliphatic carbocycles. The van der Waals surface area contributed by atoms with Crippen LogP contribution in [0.1, 0.15) is 22.6 Å². The summed E-state index contributed by atoms with van der Waals surface area (Å²) in [6, 6.07) is 8.22. The van der Waals surface area contributed by atoms with Gasteiger partial charge in [-0.2, -0.15) is 0 Å². The number of aromatic nitrogens is 2. The van der Waals surface area contributed by atoms with Crippen LogP contribution in [0.5, 0.6) is 0 Å². The molecule has 2 aromatic heterocycles. The van der Waals surface area contributed by atoms with Crippen LogP contribution >= 0.6 is 11.3 Å². The minimum Gasteiger partial charge on any atom is -0.324 e. The van der Waals surface area contributed by atoms with Gasteiger partial charge in [-0.15, -0.1) is 11.3 Å². The molecule has 25 heavy (non-hydrogen) atoms. The average molecular weight is 355 g/mol. The van der Waals surface area contributed by atoms with Crippen molar-refractivity contribution < 1.29 is 9.18 Å². The molecule has 6 heteroatoms. The average Bonchev–Trinajstić information content (AvgIpc) is 2.99. The quantitative estimate of drug-likeness (QED) is 0.752. The molecule has 0 aliphatic heterocycles. The summed E-state index contributed by atoms with van der Waals surface area (Å²) in [7, 11) is 0. The number of hydrogen-bond acceptors (Lipinski definition) is 4. The molecule has 0 unspecified atom stereocenters. The zero-order valence-electron chi connectivity index (χ0n) is 14.3. The standard InChI is InChI=1S/C19H18FN3OS/c1-11-7-12(2)21-13(3)18(11)23-17(24)9-16-10-25-19(22-16)14-5-4-6-15(20)8-14/h4-8,10H,9H2,1-3H3,(H,23,24). The summed E-state index contributed by atoms with van der Waals surface area (Å²) in [6.07, 6.45) is 0.165. The second-order valence-corrected chi connectivity index (χ2v) is 6.78.